The quantitative estimate of drug-likeness (QED) is 0.483. The van der Waals surface area contributed by atoms with Crippen LogP contribution < -0.4 is 4.73 Å². The van der Waals surface area contributed by atoms with Crippen molar-refractivity contribution in [1.29, 1.82) is 0 Å². The standard InChI is InChI=1S/C10H12N2O2/c1-11-8(5-6-10(11)13)9-4-2-3-7-12(9)14/h2-4,7-8H,5-6H2,1H3. The van der Waals surface area contributed by atoms with Crippen molar-refractivity contribution in [3.05, 3.63) is 35.3 Å². The van der Waals surface area contributed by atoms with Gasteiger partial charge in [-0.1, -0.05) is 0 Å². The Kier molecular flexibility index (Phi) is 2.11. The minimum Gasteiger partial charge on any atom is -0.618 e. The number of likely N-dealkylation sites (tertiary alicyclic amines) is 1. The van der Waals surface area contributed by atoms with Crippen LogP contribution in [0.1, 0.15) is 24.6 Å². The van der Waals surface area contributed by atoms with E-state index in [1.807, 2.05) is 6.07 Å². The Morgan fingerprint density at radius 2 is 2.36 bits per heavy atom. The summed E-state index contributed by atoms with van der Waals surface area (Å²) >= 11 is 0. The third-order valence-corrected chi connectivity index (χ3v) is 2.69. The molecule has 1 aromatic rings. The lowest BCUT2D eigenvalue weighted by Gasteiger charge is -2.18. The van der Waals surface area contributed by atoms with Crippen molar-refractivity contribution >= 4 is 5.91 Å². The van der Waals surface area contributed by atoms with E-state index in [1.165, 1.54) is 6.20 Å². The number of nitrogens with zero attached hydrogens (tertiary/aromatic N) is 2. The molecule has 1 aliphatic rings. The molecule has 1 aromatic heterocycles. The van der Waals surface area contributed by atoms with Gasteiger partial charge in [0, 0.05) is 25.6 Å². The van der Waals surface area contributed by atoms with Gasteiger partial charge in [-0.25, -0.2) is 0 Å². The number of hydrogen-bond donors (Lipinski definition) is 0. The van der Waals surface area contributed by atoms with Gasteiger partial charge in [0.05, 0.1) is 0 Å². The number of rotatable bonds is 1. The van der Waals surface area contributed by atoms with Crippen LogP contribution >= 0.6 is 0 Å². The summed E-state index contributed by atoms with van der Waals surface area (Å²) in [5.74, 6) is 0.110. The molecule has 0 radical (unpaired) electrons. The van der Waals surface area contributed by atoms with Gasteiger partial charge in [0.15, 0.2) is 6.20 Å². The van der Waals surface area contributed by atoms with E-state index in [0.29, 0.717) is 12.1 Å². The first-order chi connectivity index (χ1) is 6.70. The Balaban J connectivity index is 2.32. The molecule has 1 fully saturated rings. The van der Waals surface area contributed by atoms with Crippen molar-refractivity contribution in [1.82, 2.24) is 4.90 Å². The average Bonchev–Trinajstić information content (AvgIpc) is 2.49. The zero-order valence-electron chi connectivity index (χ0n) is 8.01. The number of pyridine rings is 1. The minimum absolute atomic E-state index is 0.0544. The molecule has 0 N–H and O–H groups in total. The van der Waals surface area contributed by atoms with Crippen LogP contribution in [-0.2, 0) is 4.79 Å². The molecular weight excluding hydrogens is 180 g/mol. The number of amides is 1. The molecule has 0 saturated carbocycles. The summed E-state index contributed by atoms with van der Waals surface area (Å²) in [4.78, 5) is 12.9. The second-order valence-electron chi connectivity index (χ2n) is 3.51. The van der Waals surface area contributed by atoms with E-state index < -0.39 is 0 Å². The van der Waals surface area contributed by atoms with Crippen molar-refractivity contribution in [3.63, 3.8) is 0 Å². The Bertz CT molecular complexity index is 365. The first kappa shape index (κ1) is 8.99. The van der Waals surface area contributed by atoms with Gasteiger partial charge in [0.25, 0.3) is 0 Å². The van der Waals surface area contributed by atoms with Gasteiger partial charge in [0.2, 0.25) is 11.6 Å². The van der Waals surface area contributed by atoms with E-state index in [9.17, 15) is 10.0 Å². The molecular formula is C10H12N2O2. The average molecular weight is 192 g/mol. The molecule has 4 nitrogen and oxygen atoms in total. The smallest absolute Gasteiger partial charge is 0.223 e. The van der Waals surface area contributed by atoms with Crippen LogP contribution in [-0.4, -0.2) is 17.9 Å². The minimum atomic E-state index is -0.0544. The first-order valence-electron chi connectivity index (χ1n) is 4.64. The highest BCUT2D eigenvalue weighted by molar-refractivity contribution is 5.78. The van der Waals surface area contributed by atoms with Crippen LogP contribution in [0.4, 0.5) is 0 Å². The van der Waals surface area contributed by atoms with Crippen LogP contribution in [0.5, 0.6) is 0 Å². The van der Waals surface area contributed by atoms with Gasteiger partial charge < -0.3 is 10.1 Å². The van der Waals surface area contributed by atoms with Gasteiger partial charge in [0.1, 0.15) is 6.04 Å². The highest BCUT2D eigenvalue weighted by Crippen LogP contribution is 2.28. The van der Waals surface area contributed by atoms with Crippen LogP contribution in [0, 0.1) is 5.21 Å². The zero-order valence-corrected chi connectivity index (χ0v) is 8.01. The lowest BCUT2D eigenvalue weighted by Crippen LogP contribution is -2.36. The summed E-state index contributed by atoms with van der Waals surface area (Å²) in [6.07, 6.45) is 2.74. The predicted molar refractivity (Wildman–Crippen MR) is 50.1 cm³/mol. The Hall–Kier alpha value is -1.58. The second kappa shape index (κ2) is 3.29. The van der Waals surface area contributed by atoms with E-state index in [4.69, 9.17) is 0 Å². The maximum Gasteiger partial charge on any atom is 0.223 e. The number of aromatic nitrogens is 1. The molecule has 1 atom stereocenters. The normalized spacial score (nSPS) is 21.6. The maximum atomic E-state index is 11.4. The number of carbonyl (C=O) groups excluding carboxylic acids is 1. The van der Waals surface area contributed by atoms with Gasteiger partial charge in [-0.15, -0.1) is 0 Å². The number of carbonyl (C=O) groups is 1. The van der Waals surface area contributed by atoms with Crippen molar-refractivity contribution in [2.45, 2.75) is 18.9 Å². The lowest BCUT2D eigenvalue weighted by molar-refractivity contribution is -0.616. The van der Waals surface area contributed by atoms with Crippen molar-refractivity contribution in [2.75, 3.05) is 7.05 Å². The molecule has 74 valence electrons. The van der Waals surface area contributed by atoms with Gasteiger partial charge in [-0.05, 0) is 12.5 Å². The highest BCUT2D eigenvalue weighted by Gasteiger charge is 2.33. The van der Waals surface area contributed by atoms with Crippen molar-refractivity contribution in [3.8, 4) is 0 Å². The zero-order chi connectivity index (χ0) is 10.1. The molecule has 2 heterocycles. The summed E-state index contributed by atoms with van der Waals surface area (Å²) in [6, 6.07) is 5.22. The Labute approximate surface area is 82.3 Å². The van der Waals surface area contributed by atoms with E-state index in [0.717, 1.165) is 11.2 Å². The third-order valence-electron chi connectivity index (χ3n) is 2.69. The maximum absolute atomic E-state index is 11.4. The molecule has 1 saturated heterocycles. The highest BCUT2D eigenvalue weighted by atomic mass is 16.5. The second-order valence-corrected chi connectivity index (χ2v) is 3.51. The molecule has 2 rings (SSSR count). The lowest BCUT2D eigenvalue weighted by atomic mass is 10.1. The van der Waals surface area contributed by atoms with Crippen LogP contribution in [0.25, 0.3) is 0 Å². The van der Waals surface area contributed by atoms with Crippen molar-refractivity contribution < 1.29 is 9.52 Å². The van der Waals surface area contributed by atoms with E-state index in [-0.39, 0.29) is 11.9 Å². The fourth-order valence-electron chi connectivity index (χ4n) is 1.85. The van der Waals surface area contributed by atoms with Gasteiger partial charge in [-0.3, -0.25) is 4.79 Å². The van der Waals surface area contributed by atoms with Crippen LogP contribution in [0.2, 0.25) is 0 Å². The molecule has 1 unspecified atom stereocenters. The fourth-order valence-corrected chi connectivity index (χ4v) is 1.85. The summed E-state index contributed by atoms with van der Waals surface area (Å²) < 4.78 is 0.833. The summed E-state index contributed by atoms with van der Waals surface area (Å²) in [6.45, 7) is 0. The van der Waals surface area contributed by atoms with E-state index in [2.05, 4.69) is 0 Å². The van der Waals surface area contributed by atoms with E-state index in [1.54, 1.807) is 24.1 Å². The van der Waals surface area contributed by atoms with Crippen LogP contribution in [0.3, 0.4) is 0 Å². The monoisotopic (exact) mass is 192 g/mol. The molecule has 14 heavy (non-hydrogen) atoms. The molecule has 4 heteroatoms. The summed E-state index contributed by atoms with van der Waals surface area (Å²) in [7, 11) is 1.74. The topological polar surface area (TPSA) is 47.2 Å². The summed E-state index contributed by atoms with van der Waals surface area (Å²) in [5, 5.41) is 11.4. The Morgan fingerprint density at radius 1 is 1.57 bits per heavy atom. The molecule has 0 spiro atoms. The summed E-state index contributed by atoms with van der Waals surface area (Å²) in [5.41, 5.74) is 0.654. The molecule has 1 amide bonds. The largest absolute Gasteiger partial charge is 0.618 e. The predicted octanol–water partition coefficient (Wildman–Crippen LogP) is 0.613. The van der Waals surface area contributed by atoms with Crippen LogP contribution in [0.15, 0.2) is 24.4 Å². The Morgan fingerprint density at radius 3 is 2.93 bits per heavy atom. The SMILES string of the molecule is CN1C(=O)CCC1c1cccc[n+]1[O-]. The van der Waals surface area contributed by atoms with Gasteiger partial charge >= 0.3 is 0 Å². The van der Waals surface area contributed by atoms with Gasteiger partial charge in [-0.2, -0.15) is 4.73 Å². The fraction of sp³-hybridized carbons (Fsp3) is 0.400. The molecule has 0 aliphatic carbocycles. The molecule has 0 bridgehead atoms. The number of hydrogen-bond acceptors (Lipinski definition) is 2. The molecule has 0 aromatic carbocycles. The van der Waals surface area contributed by atoms with E-state index >= 15 is 0 Å². The molecule has 1 aliphatic heterocycles. The first-order valence-corrected chi connectivity index (χ1v) is 4.64. The third kappa shape index (κ3) is 1.32. The van der Waals surface area contributed by atoms with Crippen molar-refractivity contribution in [2.24, 2.45) is 0 Å².